The monoisotopic (exact) mass is 452 g/mol. The van der Waals surface area contributed by atoms with Gasteiger partial charge >= 0.3 is 0 Å². The zero-order valence-corrected chi connectivity index (χ0v) is 19.2. The Balaban J connectivity index is 1.29. The topological polar surface area (TPSA) is 76.4 Å². The Morgan fingerprint density at radius 1 is 1.00 bits per heavy atom. The van der Waals surface area contributed by atoms with E-state index >= 15 is 0 Å². The Morgan fingerprint density at radius 3 is 2.38 bits per heavy atom. The smallest absolute Gasteiger partial charge is 0.235 e. The largest absolute Gasteiger partial charge is 0.497 e. The van der Waals surface area contributed by atoms with E-state index in [0.29, 0.717) is 11.7 Å². The normalized spacial score (nSPS) is 15.5. The van der Waals surface area contributed by atoms with Gasteiger partial charge in [0.05, 0.1) is 18.9 Å². The summed E-state index contributed by atoms with van der Waals surface area (Å²) in [5, 5.41) is 12.4. The van der Waals surface area contributed by atoms with Gasteiger partial charge in [0.15, 0.2) is 0 Å². The molecule has 1 aromatic heterocycles. The highest BCUT2D eigenvalue weighted by molar-refractivity contribution is 8.00. The van der Waals surface area contributed by atoms with Gasteiger partial charge in [0.1, 0.15) is 5.75 Å². The molecular weight excluding hydrogens is 424 g/mol. The van der Waals surface area contributed by atoms with Crippen LogP contribution in [0.3, 0.4) is 0 Å². The van der Waals surface area contributed by atoms with Crippen molar-refractivity contribution in [2.45, 2.75) is 30.4 Å². The maximum absolute atomic E-state index is 13.0. The molecule has 2 aromatic carbocycles. The number of nitrogens with zero attached hydrogens (tertiary/aromatic N) is 6. The minimum atomic E-state index is -0.253. The highest BCUT2D eigenvalue weighted by Gasteiger charge is 2.27. The van der Waals surface area contributed by atoms with Gasteiger partial charge in [0, 0.05) is 32.7 Å². The third-order valence-corrected chi connectivity index (χ3v) is 6.61. The van der Waals surface area contributed by atoms with Crippen molar-refractivity contribution in [3.05, 3.63) is 65.7 Å². The number of tetrazole rings is 1. The molecule has 1 atom stereocenters. The summed E-state index contributed by atoms with van der Waals surface area (Å²) in [5.41, 5.74) is 2.37. The van der Waals surface area contributed by atoms with E-state index in [1.54, 1.807) is 11.8 Å². The average Bonchev–Trinajstić information content (AvgIpc) is 3.26. The second-order valence-electron chi connectivity index (χ2n) is 7.81. The van der Waals surface area contributed by atoms with E-state index < -0.39 is 0 Å². The average molecular weight is 453 g/mol. The Kier molecular flexibility index (Phi) is 7.39. The van der Waals surface area contributed by atoms with Gasteiger partial charge in [-0.2, -0.15) is 0 Å². The predicted octanol–water partition coefficient (Wildman–Crippen LogP) is 2.55. The SMILES string of the molecule is COc1ccc(Cn2nnnc2SC(C)C(=O)N2CCN(Cc3ccccc3)CC2)cc1. The lowest BCUT2D eigenvalue weighted by Crippen LogP contribution is -2.50. The van der Waals surface area contributed by atoms with Gasteiger partial charge in [-0.15, -0.1) is 5.10 Å². The summed E-state index contributed by atoms with van der Waals surface area (Å²) in [4.78, 5) is 17.4. The molecule has 0 aliphatic carbocycles. The number of ether oxygens (including phenoxy) is 1. The van der Waals surface area contributed by atoms with Crippen LogP contribution in [0.1, 0.15) is 18.1 Å². The van der Waals surface area contributed by atoms with Crippen LogP contribution in [-0.2, 0) is 17.9 Å². The molecule has 32 heavy (non-hydrogen) atoms. The van der Waals surface area contributed by atoms with E-state index in [4.69, 9.17) is 4.74 Å². The van der Waals surface area contributed by atoms with Gasteiger partial charge < -0.3 is 9.64 Å². The second-order valence-corrected chi connectivity index (χ2v) is 9.12. The van der Waals surface area contributed by atoms with Crippen molar-refractivity contribution in [1.82, 2.24) is 30.0 Å². The Morgan fingerprint density at radius 2 is 1.69 bits per heavy atom. The van der Waals surface area contributed by atoms with E-state index in [9.17, 15) is 4.79 Å². The van der Waals surface area contributed by atoms with Gasteiger partial charge in [0.2, 0.25) is 11.1 Å². The van der Waals surface area contributed by atoms with E-state index in [1.165, 1.54) is 17.3 Å². The molecule has 0 N–H and O–H groups in total. The first kappa shape index (κ1) is 22.3. The van der Waals surface area contributed by atoms with Crippen molar-refractivity contribution < 1.29 is 9.53 Å². The third kappa shape index (κ3) is 5.66. The number of hydrogen-bond donors (Lipinski definition) is 0. The fraction of sp³-hybridized carbons (Fsp3) is 0.391. The number of rotatable bonds is 8. The Bertz CT molecular complexity index is 1000. The quantitative estimate of drug-likeness (QED) is 0.486. The zero-order chi connectivity index (χ0) is 22.3. The van der Waals surface area contributed by atoms with E-state index in [0.717, 1.165) is 44.0 Å². The molecule has 1 amide bonds. The molecule has 168 valence electrons. The molecule has 1 aliphatic rings. The number of aromatic nitrogens is 4. The lowest BCUT2D eigenvalue weighted by Gasteiger charge is -2.35. The van der Waals surface area contributed by atoms with E-state index in [-0.39, 0.29) is 11.2 Å². The van der Waals surface area contributed by atoms with Crippen LogP contribution in [0, 0.1) is 0 Å². The fourth-order valence-corrected chi connectivity index (χ4v) is 4.59. The fourth-order valence-electron chi connectivity index (χ4n) is 3.72. The molecule has 0 radical (unpaired) electrons. The number of carbonyl (C=O) groups is 1. The molecule has 8 nitrogen and oxygen atoms in total. The number of benzene rings is 2. The third-order valence-electron chi connectivity index (χ3n) is 5.55. The maximum atomic E-state index is 13.0. The molecule has 0 saturated carbocycles. The second kappa shape index (κ2) is 10.6. The predicted molar refractivity (Wildman–Crippen MR) is 124 cm³/mol. The van der Waals surface area contributed by atoms with Gasteiger partial charge in [-0.1, -0.05) is 54.2 Å². The van der Waals surface area contributed by atoms with Crippen LogP contribution < -0.4 is 4.74 Å². The zero-order valence-electron chi connectivity index (χ0n) is 18.4. The van der Waals surface area contributed by atoms with Crippen LogP contribution >= 0.6 is 11.8 Å². The maximum Gasteiger partial charge on any atom is 0.235 e. The standard InChI is InChI=1S/C23H28N6O2S/c1-18(22(30)28-14-12-27(13-15-28)16-19-6-4-3-5-7-19)32-23-24-25-26-29(23)17-20-8-10-21(31-2)11-9-20/h3-11,18H,12-17H2,1-2H3. The number of hydrogen-bond acceptors (Lipinski definition) is 7. The molecule has 1 saturated heterocycles. The first-order valence-corrected chi connectivity index (χ1v) is 11.6. The molecule has 0 spiro atoms. The highest BCUT2D eigenvalue weighted by atomic mass is 32.2. The van der Waals surface area contributed by atoms with Crippen LogP contribution in [0.15, 0.2) is 59.8 Å². The molecule has 2 heterocycles. The first-order valence-electron chi connectivity index (χ1n) is 10.7. The lowest BCUT2D eigenvalue weighted by molar-refractivity contribution is -0.132. The van der Waals surface area contributed by atoms with Gasteiger partial charge in [-0.05, 0) is 40.6 Å². The van der Waals surface area contributed by atoms with Crippen molar-refractivity contribution in [2.24, 2.45) is 0 Å². The number of amides is 1. The molecule has 3 aromatic rings. The summed E-state index contributed by atoms with van der Waals surface area (Å²) in [5.74, 6) is 0.941. The molecule has 0 bridgehead atoms. The molecule has 1 fully saturated rings. The van der Waals surface area contributed by atoms with Crippen molar-refractivity contribution >= 4 is 17.7 Å². The van der Waals surface area contributed by atoms with Gasteiger partial charge in [-0.25, -0.2) is 4.68 Å². The van der Waals surface area contributed by atoms with Crippen molar-refractivity contribution in [2.75, 3.05) is 33.3 Å². The molecule has 9 heteroatoms. The molecule has 1 unspecified atom stereocenters. The summed E-state index contributed by atoms with van der Waals surface area (Å²) >= 11 is 1.41. The summed E-state index contributed by atoms with van der Waals surface area (Å²) in [6.45, 7) is 6.64. The minimum absolute atomic E-state index is 0.133. The summed E-state index contributed by atoms with van der Waals surface area (Å²) < 4.78 is 6.93. The lowest BCUT2D eigenvalue weighted by atomic mass is 10.2. The van der Waals surface area contributed by atoms with E-state index in [2.05, 4.69) is 44.7 Å². The van der Waals surface area contributed by atoms with Gasteiger partial charge in [0.25, 0.3) is 0 Å². The molecule has 4 rings (SSSR count). The first-order chi connectivity index (χ1) is 15.6. The summed E-state index contributed by atoms with van der Waals surface area (Å²) in [7, 11) is 1.65. The van der Waals surface area contributed by atoms with Gasteiger partial charge in [-0.3, -0.25) is 9.69 Å². The van der Waals surface area contributed by atoms with Crippen molar-refractivity contribution in [1.29, 1.82) is 0 Å². The van der Waals surface area contributed by atoms with Crippen LogP contribution in [0.5, 0.6) is 5.75 Å². The minimum Gasteiger partial charge on any atom is -0.497 e. The number of thioether (sulfide) groups is 1. The molecule has 1 aliphatic heterocycles. The van der Waals surface area contributed by atoms with Crippen LogP contribution in [0.25, 0.3) is 0 Å². The summed E-state index contributed by atoms with van der Waals surface area (Å²) in [6, 6.07) is 18.3. The molecular formula is C23H28N6O2S. The van der Waals surface area contributed by atoms with Crippen molar-refractivity contribution in [3.8, 4) is 5.75 Å². The number of methoxy groups -OCH3 is 1. The van der Waals surface area contributed by atoms with Crippen LogP contribution in [-0.4, -0.2) is 74.5 Å². The number of piperazine rings is 1. The van der Waals surface area contributed by atoms with Crippen LogP contribution in [0.4, 0.5) is 0 Å². The number of carbonyl (C=O) groups excluding carboxylic acids is 1. The summed E-state index contributed by atoms with van der Waals surface area (Å²) in [6.07, 6.45) is 0. The Hall–Kier alpha value is -2.91. The van der Waals surface area contributed by atoms with E-state index in [1.807, 2.05) is 42.2 Å². The Labute approximate surface area is 192 Å². The van der Waals surface area contributed by atoms with Crippen LogP contribution in [0.2, 0.25) is 0 Å². The highest BCUT2D eigenvalue weighted by Crippen LogP contribution is 2.23. The van der Waals surface area contributed by atoms with Crippen molar-refractivity contribution in [3.63, 3.8) is 0 Å².